The number of aryl methyl sites for hydroxylation is 1. The van der Waals surface area contributed by atoms with Crippen LogP contribution in [-0.2, 0) is 4.79 Å². The van der Waals surface area contributed by atoms with Gasteiger partial charge in [0, 0.05) is 9.69 Å². The van der Waals surface area contributed by atoms with Crippen LogP contribution >= 0.6 is 39.3 Å². The summed E-state index contributed by atoms with van der Waals surface area (Å²) in [6.07, 6.45) is 1.23. The number of benzene rings is 2. The molecule has 2 aliphatic rings. The number of rotatable bonds is 2. The van der Waals surface area contributed by atoms with Gasteiger partial charge in [0.1, 0.15) is 10.9 Å². The molecule has 0 radical (unpaired) electrons. The summed E-state index contributed by atoms with van der Waals surface area (Å²) >= 11 is 11.7. The Balaban J connectivity index is 1.76. The molecule has 1 amide bonds. The second-order valence-corrected chi connectivity index (χ2v) is 9.03. The Kier molecular flexibility index (Phi) is 5.11. The van der Waals surface area contributed by atoms with Gasteiger partial charge in [-0.3, -0.25) is 15.1 Å². The molecule has 3 heterocycles. The molecule has 2 aromatic carbocycles. The van der Waals surface area contributed by atoms with Crippen LogP contribution in [0.1, 0.15) is 17.4 Å². The number of carbonyl (C=O) groups is 1. The van der Waals surface area contributed by atoms with Crippen molar-refractivity contribution < 1.29 is 4.79 Å². The van der Waals surface area contributed by atoms with Crippen LogP contribution in [0, 0.1) is 6.92 Å². The number of nitrogens with one attached hydrogen (secondary N) is 1. The third-order valence-corrected chi connectivity index (χ3v) is 6.50. The van der Waals surface area contributed by atoms with E-state index in [0.717, 1.165) is 15.9 Å². The van der Waals surface area contributed by atoms with E-state index in [1.807, 2.05) is 61.7 Å². The average molecular weight is 516 g/mol. The first-order valence-corrected chi connectivity index (χ1v) is 11.8. The molecule has 0 fully saturated rings. The van der Waals surface area contributed by atoms with Crippen molar-refractivity contribution in [1.82, 2.24) is 20.1 Å². The molecule has 1 aromatic heterocycles. The van der Waals surface area contributed by atoms with Gasteiger partial charge in [-0.05, 0) is 43.5 Å². The smallest absolute Gasteiger partial charge is 0.276 e. The predicted octanol–water partition coefficient (Wildman–Crippen LogP) is 3.10. The highest BCUT2D eigenvalue weighted by atomic mass is 79.9. The lowest BCUT2D eigenvalue weighted by molar-refractivity contribution is -0.116. The Morgan fingerprint density at radius 1 is 1.19 bits per heavy atom. The van der Waals surface area contributed by atoms with Crippen LogP contribution in [0.5, 0.6) is 0 Å². The fraction of sp³-hybridized carbons (Fsp3) is 0.143. The number of hydrogen-bond acceptors (Lipinski definition) is 6. The monoisotopic (exact) mass is 514 g/mol. The quantitative estimate of drug-likeness (QED) is 0.569. The van der Waals surface area contributed by atoms with Crippen molar-refractivity contribution in [3.05, 3.63) is 80.0 Å². The maximum Gasteiger partial charge on any atom is 0.276 e. The molecule has 10 heteroatoms. The second-order valence-electron chi connectivity index (χ2n) is 6.96. The van der Waals surface area contributed by atoms with Gasteiger partial charge >= 0.3 is 0 Å². The number of hydrogen-bond donors (Lipinski definition) is 1. The summed E-state index contributed by atoms with van der Waals surface area (Å²) in [5, 5.41) is 16.1. The summed E-state index contributed by atoms with van der Waals surface area (Å²) < 4.78 is 2.53. The van der Waals surface area contributed by atoms with E-state index in [1.54, 1.807) is 9.69 Å². The average Bonchev–Trinajstić information content (AvgIpc) is 3.07. The topological polar surface area (TPSA) is 74.9 Å². The van der Waals surface area contributed by atoms with Gasteiger partial charge in [0.15, 0.2) is 11.3 Å². The zero-order chi connectivity index (χ0) is 21.7. The number of thioether (sulfide) groups is 1. The summed E-state index contributed by atoms with van der Waals surface area (Å²) in [6.45, 7) is 1.89. The summed E-state index contributed by atoms with van der Waals surface area (Å²) in [5.74, 6) is -0.233. The summed E-state index contributed by atoms with van der Waals surface area (Å²) in [7, 11) is 0. The van der Waals surface area contributed by atoms with Crippen molar-refractivity contribution in [3.8, 4) is 5.69 Å². The molecule has 5 rings (SSSR count). The Hall–Kier alpha value is -2.62. The van der Waals surface area contributed by atoms with Gasteiger partial charge in [-0.2, -0.15) is 5.10 Å². The van der Waals surface area contributed by atoms with Crippen LogP contribution in [-0.4, -0.2) is 32.1 Å². The van der Waals surface area contributed by atoms with E-state index in [2.05, 4.69) is 31.4 Å². The largest absolute Gasteiger partial charge is 0.298 e. The maximum atomic E-state index is 13.1. The van der Waals surface area contributed by atoms with Crippen molar-refractivity contribution >= 4 is 56.1 Å². The second kappa shape index (κ2) is 7.81. The molecule has 0 unspecified atom stereocenters. The van der Waals surface area contributed by atoms with E-state index in [1.165, 1.54) is 11.8 Å². The summed E-state index contributed by atoms with van der Waals surface area (Å²) in [4.78, 5) is 18.0. The van der Waals surface area contributed by atoms with Crippen LogP contribution in [0.15, 0.2) is 63.1 Å². The minimum absolute atomic E-state index is 0.233. The maximum absolute atomic E-state index is 13.1. The van der Waals surface area contributed by atoms with Crippen molar-refractivity contribution in [3.63, 3.8) is 0 Å². The summed E-state index contributed by atoms with van der Waals surface area (Å²) in [5.41, 5.74) is 2.69. The number of aromatic nitrogens is 2. The van der Waals surface area contributed by atoms with E-state index in [4.69, 9.17) is 16.6 Å². The molecule has 2 aliphatic heterocycles. The van der Waals surface area contributed by atoms with Crippen molar-refractivity contribution in [1.29, 1.82) is 0 Å². The third-order valence-electron chi connectivity index (χ3n) is 5.07. The minimum Gasteiger partial charge on any atom is -0.298 e. The van der Waals surface area contributed by atoms with Gasteiger partial charge in [0.05, 0.1) is 22.3 Å². The molecule has 7 nitrogen and oxygen atoms in total. The van der Waals surface area contributed by atoms with Crippen LogP contribution in [0.2, 0.25) is 5.15 Å². The molecule has 0 spiro atoms. The highest BCUT2D eigenvalue weighted by Crippen LogP contribution is 2.37. The standard InChI is InChI=1S/C21H16BrClN6OS/c1-11-16(18(23)28(26-11)13-6-4-3-5-7-13)19-24-15-9-8-12(22)10-14(15)17-20(30)25-21(31-2)27-29(17)19/h3-10,19H,1-2H3,(H,25,27,30)/t19-/m0/s1. The number of fused-ring (bicyclic) bond motifs is 2. The molecular weight excluding hydrogens is 500 g/mol. The van der Waals surface area contributed by atoms with Crippen molar-refractivity contribution in [2.75, 3.05) is 6.26 Å². The lowest BCUT2D eigenvalue weighted by Crippen LogP contribution is -2.50. The molecule has 0 saturated carbocycles. The Bertz CT molecular complexity index is 1370. The number of nitrogens with zero attached hydrogens (tertiary/aromatic N) is 5. The molecule has 156 valence electrons. The van der Waals surface area contributed by atoms with E-state index in [0.29, 0.717) is 32.2 Å². The molecule has 0 saturated heterocycles. The van der Waals surface area contributed by atoms with Crippen LogP contribution in [0.3, 0.4) is 0 Å². The van der Waals surface area contributed by atoms with E-state index >= 15 is 0 Å². The number of halogens is 2. The molecule has 31 heavy (non-hydrogen) atoms. The van der Waals surface area contributed by atoms with Gasteiger partial charge < -0.3 is 0 Å². The first kappa shape index (κ1) is 20.3. The molecule has 0 bridgehead atoms. The fourth-order valence-corrected chi connectivity index (χ4v) is 4.77. The third kappa shape index (κ3) is 3.37. The van der Waals surface area contributed by atoms with Crippen molar-refractivity contribution in [2.24, 2.45) is 10.1 Å². The molecular formula is C21H16BrClN6OS. The fourth-order valence-electron chi connectivity index (χ4n) is 3.68. The molecule has 0 aliphatic carbocycles. The molecule has 3 aromatic rings. The lowest BCUT2D eigenvalue weighted by atomic mass is 10.1. The van der Waals surface area contributed by atoms with Crippen LogP contribution in [0.4, 0.5) is 0 Å². The predicted molar refractivity (Wildman–Crippen MR) is 125 cm³/mol. The Labute approximate surface area is 195 Å². The Morgan fingerprint density at radius 2 is 1.97 bits per heavy atom. The molecule has 1 N–H and O–H groups in total. The highest BCUT2D eigenvalue weighted by molar-refractivity contribution is 9.10. The number of carbonyl (C=O) groups excluding carboxylic acids is 1. The summed E-state index contributed by atoms with van der Waals surface area (Å²) in [6, 6.07) is 15.3. The van der Waals surface area contributed by atoms with Gasteiger partial charge in [-0.25, -0.2) is 9.69 Å². The zero-order valence-corrected chi connectivity index (χ0v) is 19.7. The highest BCUT2D eigenvalue weighted by Gasteiger charge is 2.37. The number of hydrazone groups is 1. The van der Waals surface area contributed by atoms with Gasteiger partial charge in [0.2, 0.25) is 0 Å². The molecule has 1 atom stereocenters. The van der Waals surface area contributed by atoms with Gasteiger partial charge in [-0.15, -0.1) is 5.10 Å². The van der Waals surface area contributed by atoms with Crippen molar-refractivity contribution in [2.45, 2.75) is 13.1 Å². The van der Waals surface area contributed by atoms with E-state index < -0.39 is 6.17 Å². The lowest BCUT2D eigenvalue weighted by Gasteiger charge is -2.33. The normalized spacial score (nSPS) is 17.5. The first-order chi connectivity index (χ1) is 15.0. The minimum atomic E-state index is -0.623. The zero-order valence-electron chi connectivity index (χ0n) is 16.5. The number of amidine groups is 1. The first-order valence-electron chi connectivity index (χ1n) is 9.39. The Morgan fingerprint density at radius 3 is 2.71 bits per heavy atom. The SMILES string of the molecule is CSC1=NN2C(=c3cc(Br)ccc3=N[C@@H]2c2c(C)nn(-c3ccccc3)c2Cl)C(=O)N1. The van der Waals surface area contributed by atoms with Crippen LogP contribution < -0.4 is 15.9 Å². The number of amides is 1. The van der Waals surface area contributed by atoms with E-state index in [-0.39, 0.29) is 5.91 Å². The van der Waals surface area contributed by atoms with Crippen LogP contribution in [0.25, 0.3) is 11.4 Å². The van der Waals surface area contributed by atoms with Gasteiger partial charge in [0.25, 0.3) is 5.91 Å². The number of para-hydroxylation sites is 1. The van der Waals surface area contributed by atoms with Gasteiger partial charge in [-0.1, -0.05) is 57.5 Å². The van der Waals surface area contributed by atoms with E-state index in [9.17, 15) is 4.79 Å².